The van der Waals surface area contributed by atoms with Crippen LogP contribution in [-0.2, 0) is 24.2 Å². The molecule has 0 unspecified atom stereocenters. The number of nitrogens with one attached hydrogen (secondary N) is 1. The van der Waals surface area contributed by atoms with Crippen LogP contribution in [0.5, 0.6) is 0 Å². The Bertz CT molecular complexity index is 888. The molecule has 0 saturated heterocycles. The van der Waals surface area contributed by atoms with Gasteiger partial charge in [-0.25, -0.2) is 4.79 Å². The van der Waals surface area contributed by atoms with Crippen LogP contribution in [0.15, 0.2) is 60.3 Å². The molecule has 114 valence electrons. The predicted octanol–water partition coefficient (Wildman–Crippen LogP) is 3.48. The molecule has 0 saturated carbocycles. The fourth-order valence-electron chi connectivity index (χ4n) is 3.43. The van der Waals surface area contributed by atoms with E-state index in [0.29, 0.717) is 6.42 Å². The fraction of sp³-hybridized carbons (Fsp3) is 0.200. The van der Waals surface area contributed by atoms with E-state index >= 15 is 0 Å². The maximum Gasteiger partial charge on any atom is 0.146 e. The summed E-state index contributed by atoms with van der Waals surface area (Å²) >= 11 is 0. The van der Waals surface area contributed by atoms with Crippen LogP contribution in [0.4, 0.5) is 0 Å². The number of para-hydroxylation sites is 1. The van der Waals surface area contributed by atoms with Crippen molar-refractivity contribution in [2.75, 3.05) is 6.54 Å². The summed E-state index contributed by atoms with van der Waals surface area (Å²) in [7, 11) is 0. The molecule has 0 aliphatic carbocycles. The summed E-state index contributed by atoms with van der Waals surface area (Å²) in [5.74, 6) is 2.16. The topological polar surface area (TPSA) is 36.1 Å². The number of hydrogen-bond acceptors (Lipinski definition) is 2. The molecular formula is C20H18N2O. The number of benzene rings is 2. The summed E-state index contributed by atoms with van der Waals surface area (Å²) in [6.07, 6.45) is 1.60. The Morgan fingerprint density at radius 2 is 1.87 bits per heavy atom. The smallest absolute Gasteiger partial charge is 0.146 e. The Hall–Kier alpha value is -2.77. The number of aromatic nitrogens is 1. The highest BCUT2D eigenvalue weighted by Gasteiger charge is 2.22. The zero-order valence-electron chi connectivity index (χ0n) is 12.9. The second-order valence-electron chi connectivity index (χ2n) is 6.01. The van der Waals surface area contributed by atoms with Crippen LogP contribution in [0.1, 0.15) is 16.8 Å². The van der Waals surface area contributed by atoms with Crippen molar-refractivity contribution in [2.24, 2.45) is 0 Å². The van der Waals surface area contributed by atoms with Gasteiger partial charge in [0.2, 0.25) is 0 Å². The first-order chi connectivity index (χ1) is 11.3. The van der Waals surface area contributed by atoms with Crippen molar-refractivity contribution in [1.29, 1.82) is 0 Å². The molecule has 0 radical (unpaired) electrons. The average molecular weight is 302 g/mol. The number of fused-ring (bicyclic) bond motifs is 3. The van der Waals surface area contributed by atoms with Gasteiger partial charge in [0.1, 0.15) is 11.6 Å². The van der Waals surface area contributed by atoms with E-state index in [4.69, 9.17) is 0 Å². The number of hydrogen-bond donors (Lipinski definition) is 1. The molecule has 4 rings (SSSR count). The van der Waals surface area contributed by atoms with E-state index in [2.05, 4.69) is 46.2 Å². The summed E-state index contributed by atoms with van der Waals surface area (Å²) in [5.41, 5.74) is 5.67. The first-order valence-corrected chi connectivity index (χ1v) is 7.96. The summed E-state index contributed by atoms with van der Waals surface area (Å²) in [6.45, 7) is 1.62. The Labute approximate surface area is 135 Å². The molecular weight excluding hydrogens is 284 g/mol. The zero-order chi connectivity index (χ0) is 15.6. The third-order valence-electron chi connectivity index (χ3n) is 4.60. The maximum atomic E-state index is 11.5. The number of nitrogens with zero attached hydrogens (tertiary/aromatic N) is 1. The molecule has 0 spiro atoms. The van der Waals surface area contributed by atoms with Crippen LogP contribution in [-0.4, -0.2) is 22.4 Å². The summed E-state index contributed by atoms with van der Waals surface area (Å²) in [4.78, 5) is 17.1. The number of aromatic amines is 1. The minimum absolute atomic E-state index is 0.639. The van der Waals surface area contributed by atoms with Gasteiger partial charge in [0.05, 0.1) is 6.54 Å². The van der Waals surface area contributed by atoms with E-state index in [9.17, 15) is 4.79 Å². The molecule has 0 fully saturated rings. The molecule has 3 heteroatoms. The van der Waals surface area contributed by atoms with Gasteiger partial charge in [0.25, 0.3) is 0 Å². The second-order valence-corrected chi connectivity index (χ2v) is 6.01. The first kappa shape index (κ1) is 13.9. The van der Waals surface area contributed by atoms with Crippen LogP contribution < -0.4 is 0 Å². The molecule has 3 nitrogen and oxygen atoms in total. The normalized spacial score (nSPS) is 13.7. The average Bonchev–Trinajstić information content (AvgIpc) is 2.98. The molecule has 0 amide bonds. The summed E-state index contributed by atoms with van der Waals surface area (Å²) < 4.78 is 0. The molecule has 2 heterocycles. The van der Waals surface area contributed by atoms with Gasteiger partial charge in [0, 0.05) is 29.6 Å². The molecule has 1 aromatic heterocycles. The van der Waals surface area contributed by atoms with E-state index in [1.165, 1.54) is 22.2 Å². The highest BCUT2D eigenvalue weighted by atomic mass is 16.1. The molecule has 1 aliphatic heterocycles. The molecule has 1 aliphatic rings. The van der Waals surface area contributed by atoms with Crippen LogP contribution >= 0.6 is 0 Å². The molecule has 23 heavy (non-hydrogen) atoms. The molecule has 2 aromatic carbocycles. The van der Waals surface area contributed by atoms with Crippen molar-refractivity contribution in [1.82, 2.24) is 9.88 Å². The largest absolute Gasteiger partial charge is 0.360 e. The lowest BCUT2D eigenvalue weighted by atomic mass is 10.0. The van der Waals surface area contributed by atoms with Gasteiger partial charge in [-0.2, -0.15) is 0 Å². The van der Waals surface area contributed by atoms with Gasteiger partial charge in [0.15, 0.2) is 0 Å². The quantitative estimate of drug-likeness (QED) is 0.752. The lowest BCUT2D eigenvalue weighted by Crippen LogP contribution is -2.31. The molecule has 3 aromatic rings. The SMILES string of the molecule is O=C=C(Cc1ccccc1)N1CCc2c([nH]c3ccccc23)C1. The number of allylic oxidation sites excluding steroid dienone is 1. The van der Waals surface area contributed by atoms with Crippen molar-refractivity contribution >= 4 is 16.8 Å². The van der Waals surface area contributed by atoms with Gasteiger partial charge >= 0.3 is 0 Å². The van der Waals surface area contributed by atoms with Gasteiger partial charge in [-0.15, -0.1) is 0 Å². The summed E-state index contributed by atoms with van der Waals surface area (Å²) in [6, 6.07) is 18.5. The Kier molecular flexibility index (Phi) is 3.49. The minimum Gasteiger partial charge on any atom is -0.360 e. The van der Waals surface area contributed by atoms with Gasteiger partial charge in [-0.05, 0) is 23.6 Å². The van der Waals surface area contributed by atoms with Crippen LogP contribution in [0, 0.1) is 0 Å². The molecule has 0 atom stereocenters. The van der Waals surface area contributed by atoms with Gasteiger partial charge in [-0.1, -0.05) is 48.5 Å². The number of rotatable bonds is 3. The van der Waals surface area contributed by atoms with Crippen molar-refractivity contribution in [3.63, 3.8) is 0 Å². The molecule has 1 N–H and O–H groups in total. The number of carbonyl (C=O) groups excluding carboxylic acids is 1. The maximum absolute atomic E-state index is 11.5. The standard InChI is InChI=1S/C20H18N2O/c23-14-16(12-15-6-2-1-3-7-15)22-11-10-18-17-8-4-5-9-19(17)21-20(18)13-22/h1-9,21H,10-13H2. The fourth-order valence-corrected chi connectivity index (χ4v) is 3.43. The first-order valence-electron chi connectivity index (χ1n) is 7.96. The zero-order valence-corrected chi connectivity index (χ0v) is 12.9. The summed E-state index contributed by atoms with van der Waals surface area (Å²) in [5, 5.41) is 1.31. The van der Waals surface area contributed by atoms with Crippen molar-refractivity contribution in [3.05, 3.63) is 77.1 Å². The minimum atomic E-state index is 0.639. The second kappa shape index (κ2) is 5.79. The van der Waals surface area contributed by atoms with Gasteiger partial charge < -0.3 is 9.88 Å². The third-order valence-corrected chi connectivity index (χ3v) is 4.60. The predicted molar refractivity (Wildman–Crippen MR) is 91.8 cm³/mol. The van der Waals surface area contributed by atoms with Crippen molar-refractivity contribution < 1.29 is 4.79 Å². The van der Waals surface area contributed by atoms with Crippen LogP contribution in [0.3, 0.4) is 0 Å². The van der Waals surface area contributed by atoms with E-state index in [-0.39, 0.29) is 0 Å². The third kappa shape index (κ3) is 2.56. The Balaban J connectivity index is 1.60. The van der Waals surface area contributed by atoms with Gasteiger partial charge in [-0.3, -0.25) is 0 Å². The highest BCUT2D eigenvalue weighted by Crippen LogP contribution is 2.29. The van der Waals surface area contributed by atoms with Crippen LogP contribution in [0.25, 0.3) is 10.9 Å². The van der Waals surface area contributed by atoms with E-state index in [1.54, 1.807) is 0 Å². The van der Waals surface area contributed by atoms with E-state index < -0.39 is 0 Å². The lowest BCUT2D eigenvalue weighted by molar-refractivity contribution is 0.315. The van der Waals surface area contributed by atoms with Crippen molar-refractivity contribution in [3.8, 4) is 0 Å². The van der Waals surface area contributed by atoms with E-state index in [1.807, 2.05) is 24.3 Å². The Morgan fingerprint density at radius 3 is 2.70 bits per heavy atom. The van der Waals surface area contributed by atoms with Crippen molar-refractivity contribution in [2.45, 2.75) is 19.4 Å². The van der Waals surface area contributed by atoms with E-state index in [0.717, 1.165) is 30.8 Å². The lowest BCUT2D eigenvalue weighted by Gasteiger charge is -2.29. The number of H-pyrrole nitrogens is 1. The monoisotopic (exact) mass is 302 g/mol. The highest BCUT2D eigenvalue weighted by molar-refractivity contribution is 5.84. The Morgan fingerprint density at radius 1 is 1.09 bits per heavy atom. The molecule has 0 bridgehead atoms. The van der Waals surface area contributed by atoms with Crippen LogP contribution in [0.2, 0.25) is 0 Å².